The van der Waals surface area contributed by atoms with Crippen LogP contribution in [0.2, 0.25) is 0 Å². The second kappa shape index (κ2) is 10.3. The Morgan fingerprint density at radius 2 is 2.07 bits per heavy atom. The Morgan fingerprint density at radius 3 is 2.40 bits per heavy atom. The van der Waals surface area contributed by atoms with Gasteiger partial charge < -0.3 is 15.2 Å². The Morgan fingerprint density at radius 1 is 1.53 bits per heavy atom. The van der Waals surface area contributed by atoms with Crippen molar-refractivity contribution in [2.75, 3.05) is 26.6 Å². The summed E-state index contributed by atoms with van der Waals surface area (Å²) in [7, 11) is 1.36. The highest BCUT2D eigenvalue weighted by molar-refractivity contribution is 7.79. The van der Waals surface area contributed by atoms with E-state index in [1.165, 1.54) is 7.11 Å². The van der Waals surface area contributed by atoms with E-state index in [1.807, 2.05) is 13.8 Å². The smallest absolute Gasteiger partial charge is 0.307 e. The summed E-state index contributed by atoms with van der Waals surface area (Å²) in [6.45, 7) is 5.11. The van der Waals surface area contributed by atoms with E-state index in [9.17, 15) is 4.79 Å². The highest BCUT2D eigenvalue weighted by atomic mass is 32.1. The SMILES string of the molecule is CC.COC(=O)CC1(N)CCOC1.CS. The predicted octanol–water partition coefficient (Wildman–Crippen LogP) is 1.24. The van der Waals surface area contributed by atoms with Crippen molar-refractivity contribution in [1.29, 1.82) is 0 Å². The van der Waals surface area contributed by atoms with E-state index in [0.717, 1.165) is 6.42 Å². The molecule has 92 valence electrons. The molecule has 0 saturated carbocycles. The zero-order valence-corrected chi connectivity index (χ0v) is 11.0. The van der Waals surface area contributed by atoms with Gasteiger partial charge in [0.25, 0.3) is 0 Å². The zero-order chi connectivity index (χ0) is 12.3. The van der Waals surface area contributed by atoms with Crippen LogP contribution < -0.4 is 5.73 Å². The van der Waals surface area contributed by atoms with Gasteiger partial charge in [0, 0.05) is 6.61 Å². The van der Waals surface area contributed by atoms with E-state index in [2.05, 4.69) is 17.4 Å². The van der Waals surface area contributed by atoms with Gasteiger partial charge >= 0.3 is 5.97 Å². The molecule has 0 radical (unpaired) electrons. The number of nitrogens with two attached hydrogens (primary N) is 1. The highest BCUT2D eigenvalue weighted by Crippen LogP contribution is 2.19. The third kappa shape index (κ3) is 7.64. The van der Waals surface area contributed by atoms with Crippen molar-refractivity contribution in [3.63, 3.8) is 0 Å². The molecule has 15 heavy (non-hydrogen) atoms. The lowest BCUT2D eigenvalue weighted by Crippen LogP contribution is -2.42. The predicted molar refractivity (Wildman–Crippen MR) is 65.2 cm³/mol. The lowest BCUT2D eigenvalue weighted by atomic mass is 9.96. The summed E-state index contributed by atoms with van der Waals surface area (Å²) in [5, 5.41) is 0. The molecule has 1 unspecified atom stereocenters. The fraction of sp³-hybridized carbons (Fsp3) is 0.900. The molecule has 1 rings (SSSR count). The summed E-state index contributed by atoms with van der Waals surface area (Å²) in [5.41, 5.74) is 5.33. The van der Waals surface area contributed by atoms with Crippen LogP contribution in [0.15, 0.2) is 0 Å². The number of methoxy groups -OCH3 is 1. The number of hydrogen-bond acceptors (Lipinski definition) is 5. The first kappa shape index (κ1) is 17.1. The molecule has 0 bridgehead atoms. The molecule has 1 saturated heterocycles. The van der Waals surface area contributed by atoms with Crippen LogP contribution in [0.25, 0.3) is 0 Å². The van der Waals surface area contributed by atoms with Gasteiger partial charge in [0.05, 0.1) is 25.7 Å². The third-order valence-electron chi connectivity index (χ3n) is 1.86. The van der Waals surface area contributed by atoms with E-state index in [-0.39, 0.29) is 12.4 Å². The van der Waals surface area contributed by atoms with Gasteiger partial charge in [-0.25, -0.2) is 0 Å². The minimum absolute atomic E-state index is 0.253. The van der Waals surface area contributed by atoms with Crippen molar-refractivity contribution in [3.05, 3.63) is 0 Å². The Balaban J connectivity index is 0. The number of hydrogen-bond donors (Lipinski definition) is 2. The summed E-state index contributed by atoms with van der Waals surface area (Å²) in [6, 6.07) is 0. The van der Waals surface area contributed by atoms with Crippen LogP contribution in [-0.4, -0.2) is 38.1 Å². The zero-order valence-electron chi connectivity index (χ0n) is 10.1. The van der Waals surface area contributed by atoms with Gasteiger partial charge in [-0.3, -0.25) is 4.79 Å². The van der Waals surface area contributed by atoms with E-state index >= 15 is 0 Å². The van der Waals surface area contributed by atoms with E-state index in [1.54, 1.807) is 6.26 Å². The third-order valence-corrected chi connectivity index (χ3v) is 1.86. The second-order valence-electron chi connectivity index (χ2n) is 2.92. The van der Waals surface area contributed by atoms with Crippen LogP contribution in [-0.2, 0) is 14.3 Å². The minimum atomic E-state index is -0.479. The molecule has 1 heterocycles. The van der Waals surface area contributed by atoms with Crippen molar-refractivity contribution in [3.8, 4) is 0 Å². The molecule has 1 aliphatic rings. The van der Waals surface area contributed by atoms with Crippen LogP contribution in [0.1, 0.15) is 26.7 Å². The molecule has 1 aliphatic heterocycles. The molecule has 4 nitrogen and oxygen atoms in total. The normalized spacial score (nSPS) is 23.1. The number of thiol groups is 1. The Bertz CT molecular complexity index is 159. The molecular weight excluding hydrogens is 214 g/mol. The highest BCUT2D eigenvalue weighted by Gasteiger charge is 2.33. The summed E-state index contributed by atoms with van der Waals surface area (Å²) in [4.78, 5) is 10.8. The van der Waals surface area contributed by atoms with E-state index < -0.39 is 5.54 Å². The largest absolute Gasteiger partial charge is 0.469 e. The number of ether oxygens (including phenoxy) is 2. The minimum Gasteiger partial charge on any atom is -0.469 e. The fourth-order valence-electron chi connectivity index (χ4n) is 1.12. The first-order chi connectivity index (χ1) is 7.16. The van der Waals surface area contributed by atoms with Gasteiger partial charge in [-0.2, -0.15) is 12.6 Å². The maximum Gasteiger partial charge on any atom is 0.307 e. The van der Waals surface area contributed by atoms with Gasteiger partial charge in [0.15, 0.2) is 0 Å². The van der Waals surface area contributed by atoms with Crippen molar-refractivity contribution < 1.29 is 14.3 Å². The summed E-state index contributed by atoms with van der Waals surface area (Å²) >= 11 is 3.53. The molecule has 0 aromatic rings. The molecule has 0 aromatic carbocycles. The van der Waals surface area contributed by atoms with Crippen molar-refractivity contribution in [2.24, 2.45) is 5.73 Å². The van der Waals surface area contributed by atoms with Crippen LogP contribution in [0.4, 0.5) is 0 Å². The van der Waals surface area contributed by atoms with Gasteiger partial charge in [-0.1, -0.05) is 13.8 Å². The fourth-order valence-corrected chi connectivity index (χ4v) is 1.12. The van der Waals surface area contributed by atoms with Gasteiger partial charge in [-0.05, 0) is 12.7 Å². The first-order valence-corrected chi connectivity index (χ1v) is 5.94. The molecular formula is C10H23NO3S. The van der Waals surface area contributed by atoms with Crippen molar-refractivity contribution >= 4 is 18.6 Å². The maximum atomic E-state index is 10.8. The van der Waals surface area contributed by atoms with Crippen LogP contribution in [0.3, 0.4) is 0 Å². The average molecular weight is 237 g/mol. The molecule has 2 N–H and O–H groups in total. The lowest BCUT2D eigenvalue weighted by molar-refractivity contribution is -0.142. The van der Waals surface area contributed by atoms with Gasteiger partial charge in [-0.15, -0.1) is 0 Å². The number of carbonyl (C=O) groups excluding carboxylic acids is 1. The Labute approximate surface area is 97.9 Å². The standard InChI is InChI=1S/C7H13NO3.C2H6.CH4S/c1-10-6(9)4-7(8)2-3-11-5-7;2*1-2/h2-5,8H2,1H3;1-2H3;2H,1H3. The molecule has 0 amide bonds. The molecule has 1 atom stereocenters. The molecule has 0 aromatic heterocycles. The maximum absolute atomic E-state index is 10.8. The molecule has 5 heteroatoms. The van der Waals surface area contributed by atoms with E-state index in [4.69, 9.17) is 10.5 Å². The average Bonchev–Trinajstić information content (AvgIpc) is 2.70. The second-order valence-corrected chi connectivity index (χ2v) is 2.92. The van der Waals surface area contributed by atoms with Crippen LogP contribution >= 0.6 is 12.6 Å². The summed E-state index contributed by atoms with van der Waals surface area (Å²) < 4.78 is 9.58. The Hall–Kier alpha value is -0.260. The number of rotatable bonds is 2. The monoisotopic (exact) mass is 237 g/mol. The molecule has 1 fully saturated rings. The van der Waals surface area contributed by atoms with Crippen molar-refractivity contribution in [1.82, 2.24) is 0 Å². The number of carbonyl (C=O) groups is 1. The van der Waals surface area contributed by atoms with Gasteiger partial charge in [0.2, 0.25) is 0 Å². The molecule has 0 spiro atoms. The van der Waals surface area contributed by atoms with Gasteiger partial charge in [0.1, 0.15) is 0 Å². The first-order valence-electron chi connectivity index (χ1n) is 5.04. The van der Waals surface area contributed by atoms with Crippen LogP contribution in [0, 0.1) is 0 Å². The topological polar surface area (TPSA) is 61.5 Å². The number of esters is 1. The molecule has 0 aliphatic carbocycles. The van der Waals surface area contributed by atoms with Crippen LogP contribution in [0.5, 0.6) is 0 Å². The van der Waals surface area contributed by atoms with E-state index in [0.29, 0.717) is 13.2 Å². The summed E-state index contributed by atoms with van der Waals surface area (Å²) in [5.74, 6) is -0.266. The Kier molecular flexibility index (Phi) is 11.7. The quantitative estimate of drug-likeness (QED) is 0.560. The lowest BCUT2D eigenvalue weighted by Gasteiger charge is -2.19. The van der Waals surface area contributed by atoms with Crippen molar-refractivity contribution in [2.45, 2.75) is 32.2 Å². The summed E-state index contributed by atoms with van der Waals surface area (Å²) in [6.07, 6.45) is 2.69.